The summed E-state index contributed by atoms with van der Waals surface area (Å²) < 4.78 is 9.62. The van der Waals surface area contributed by atoms with Crippen molar-refractivity contribution in [1.82, 2.24) is 9.69 Å². The molecule has 2 rings (SSSR count). The van der Waals surface area contributed by atoms with Crippen LogP contribution in [0.2, 0.25) is 0 Å². The third-order valence-electron chi connectivity index (χ3n) is 2.70. The second-order valence-corrected chi connectivity index (χ2v) is 5.32. The summed E-state index contributed by atoms with van der Waals surface area (Å²) in [5, 5.41) is 4.81. The molecular formula is C11H16N2O2S. The van der Waals surface area contributed by atoms with E-state index in [0.29, 0.717) is 12.3 Å². The lowest BCUT2D eigenvalue weighted by molar-refractivity contribution is -0.0615. The monoisotopic (exact) mass is 240 g/mol. The molecule has 16 heavy (non-hydrogen) atoms. The van der Waals surface area contributed by atoms with Crippen LogP contribution in [0.3, 0.4) is 0 Å². The maximum Gasteiger partial charge on any atom is 0.271 e. The molecule has 0 radical (unpaired) electrons. The average molecular weight is 240 g/mol. The van der Waals surface area contributed by atoms with Crippen molar-refractivity contribution in [2.45, 2.75) is 38.3 Å². The Bertz CT molecular complexity index is 362. The van der Waals surface area contributed by atoms with Gasteiger partial charge in [0.2, 0.25) is 0 Å². The van der Waals surface area contributed by atoms with Crippen LogP contribution in [0.1, 0.15) is 37.2 Å². The fourth-order valence-corrected chi connectivity index (χ4v) is 2.45. The number of hydrogen-bond acceptors (Lipinski definition) is 4. The van der Waals surface area contributed by atoms with Crippen LogP contribution in [-0.4, -0.2) is 28.5 Å². The standard InChI is InChI=1S/C11H16N2O2S/c1-11(2)7-8(3-5-15-11)12-10(14)9-4-6-16-13-9/h4,6,8H,3,5,7H2,1-2H3,(H,12,14)/t8-/m1/s1. The van der Waals surface area contributed by atoms with Crippen LogP contribution < -0.4 is 5.32 Å². The molecule has 1 fully saturated rings. The van der Waals surface area contributed by atoms with Gasteiger partial charge in [-0.15, -0.1) is 0 Å². The lowest BCUT2D eigenvalue weighted by Gasteiger charge is -2.35. The summed E-state index contributed by atoms with van der Waals surface area (Å²) in [7, 11) is 0. The summed E-state index contributed by atoms with van der Waals surface area (Å²) in [6, 6.07) is 1.93. The molecular weight excluding hydrogens is 224 g/mol. The smallest absolute Gasteiger partial charge is 0.271 e. The van der Waals surface area contributed by atoms with E-state index in [2.05, 4.69) is 9.69 Å². The highest BCUT2D eigenvalue weighted by Crippen LogP contribution is 2.24. The first kappa shape index (κ1) is 11.5. The van der Waals surface area contributed by atoms with Gasteiger partial charge < -0.3 is 10.1 Å². The second-order valence-electron chi connectivity index (χ2n) is 4.66. The zero-order valence-electron chi connectivity index (χ0n) is 9.53. The maximum atomic E-state index is 11.8. The summed E-state index contributed by atoms with van der Waals surface area (Å²) in [5.41, 5.74) is 0.368. The molecule has 2 heterocycles. The number of carbonyl (C=O) groups is 1. The quantitative estimate of drug-likeness (QED) is 0.858. The molecule has 1 atom stereocenters. The van der Waals surface area contributed by atoms with Crippen LogP contribution in [0, 0.1) is 0 Å². The van der Waals surface area contributed by atoms with Crippen molar-refractivity contribution in [1.29, 1.82) is 0 Å². The SMILES string of the molecule is CC1(C)C[C@H](NC(=O)c2ccsn2)CCO1. The first-order valence-corrected chi connectivity index (χ1v) is 6.26. The van der Waals surface area contributed by atoms with Gasteiger partial charge in [-0.1, -0.05) is 0 Å². The average Bonchev–Trinajstić information content (AvgIpc) is 2.68. The molecule has 5 heteroatoms. The fraction of sp³-hybridized carbons (Fsp3) is 0.636. The first-order valence-electron chi connectivity index (χ1n) is 5.42. The van der Waals surface area contributed by atoms with Crippen LogP contribution in [-0.2, 0) is 4.74 Å². The van der Waals surface area contributed by atoms with Gasteiger partial charge in [0.1, 0.15) is 5.69 Å². The predicted molar refractivity (Wildman–Crippen MR) is 62.6 cm³/mol. The number of ether oxygens (including phenoxy) is 1. The third kappa shape index (κ3) is 2.80. The lowest BCUT2D eigenvalue weighted by atomic mass is 9.94. The number of nitrogens with one attached hydrogen (secondary N) is 1. The van der Waals surface area contributed by atoms with Gasteiger partial charge in [-0.05, 0) is 44.3 Å². The highest BCUT2D eigenvalue weighted by molar-refractivity contribution is 7.03. The molecule has 1 amide bonds. The summed E-state index contributed by atoms with van der Waals surface area (Å²) in [5.74, 6) is -0.0797. The van der Waals surface area contributed by atoms with Crippen LogP contribution >= 0.6 is 11.5 Å². The highest BCUT2D eigenvalue weighted by atomic mass is 32.1. The summed E-state index contributed by atoms with van der Waals surface area (Å²) in [6.07, 6.45) is 1.72. The molecule has 0 spiro atoms. The molecule has 0 bridgehead atoms. The summed E-state index contributed by atoms with van der Waals surface area (Å²) >= 11 is 1.29. The zero-order chi connectivity index (χ0) is 11.6. The van der Waals surface area contributed by atoms with Gasteiger partial charge in [-0.2, -0.15) is 4.37 Å². The maximum absolute atomic E-state index is 11.8. The van der Waals surface area contributed by atoms with Gasteiger partial charge in [-0.25, -0.2) is 0 Å². The molecule has 0 unspecified atom stereocenters. The Morgan fingerprint density at radius 1 is 1.69 bits per heavy atom. The van der Waals surface area contributed by atoms with E-state index in [0.717, 1.165) is 12.8 Å². The fourth-order valence-electron chi connectivity index (χ4n) is 1.94. The van der Waals surface area contributed by atoms with E-state index in [9.17, 15) is 4.79 Å². The van der Waals surface area contributed by atoms with Crippen LogP contribution in [0.5, 0.6) is 0 Å². The Kier molecular flexibility index (Phi) is 3.25. The van der Waals surface area contributed by atoms with Crippen LogP contribution in [0.25, 0.3) is 0 Å². The normalized spacial score (nSPS) is 24.0. The van der Waals surface area contributed by atoms with Crippen molar-refractivity contribution in [3.05, 3.63) is 17.1 Å². The number of amides is 1. The minimum absolute atomic E-state index is 0.0797. The van der Waals surface area contributed by atoms with E-state index in [-0.39, 0.29) is 17.6 Å². The van der Waals surface area contributed by atoms with Gasteiger partial charge in [0.25, 0.3) is 5.91 Å². The molecule has 0 saturated carbocycles. The van der Waals surface area contributed by atoms with E-state index in [1.54, 1.807) is 6.07 Å². The molecule has 0 aliphatic carbocycles. The van der Waals surface area contributed by atoms with Gasteiger partial charge in [0, 0.05) is 18.0 Å². The number of aromatic nitrogens is 1. The Morgan fingerprint density at radius 2 is 2.50 bits per heavy atom. The lowest BCUT2D eigenvalue weighted by Crippen LogP contribution is -2.45. The van der Waals surface area contributed by atoms with E-state index in [1.165, 1.54) is 11.5 Å². The predicted octanol–water partition coefficient (Wildman–Crippen LogP) is 1.83. The summed E-state index contributed by atoms with van der Waals surface area (Å²) in [4.78, 5) is 11.8. The van der Waals surface area contributed by atoms with Crippen LogP contribution in [0.4, 0.5) is 0 Å². The molecule has 1 aromatic rings. The van der Waals surface area contributed by atoms with Crippen molar-refractivity contribution in [3.8, 4) is 0 Å². The van der Waals surface area contributed by atoms with Gasteiger partial charge >= 0.3 is 0 Å². The molecule has 4 nitrogen and oxygen atoms in total. The molecule has 88 valence electrons. The summed E-state index contributed by atoms with van der Waals surface area (Å²) in [6.45, 7) is 4.80. The number of carbonyl (C=O) groups excluding carboxylic acids is 1. The molecule has 1 N–H and O–H groups in total. The van der Waals surface area contributed by atoms with Gasteiger partial charge in [-0.3, -0.25) is 4.79 Å². The van der Waals surface area contributed by atoms with Gasteiger partial charge in [0.15, 0.2) is 0 Å². The Balaban J connectivity index is 1.92. The molecule has 1 saturated heterocycles. The van der Waals surface area contributed by atoms with Crippen molar-refractivity contribution < 1.29 is 9.53 Å². The van der Waals surface area contributed by atoms with Crippen molar-refractivity contribution in [2.24, 2.45) is 0 Å². The highest BCUT2D eigenvalue weighted by Gasteiger charge is 2.29. The minimum Gasteiger partial charge on any atom is -0.375 e. The first-order chi connectivity index (χ1) is 7.57. The Hall–Kier alpha value is -0.940. The molecule has 1 aliphatic heterocycles. The van der Waals surface area contributed by atoms with Crippen molar-refractivity contribution in [2.75, 3.05) is 6.61 Å². The van der Waals surface area contributed by atoms with Gasteiger partial charge in [0.05, 0.1) is 5.60 Å². The number of nitrogens with zero attached hydrogens (tertiary/aromatic N) is 1. The number of hydrogen-bond donors (Lipinski definition) is 1. The van der Waals surface area contributed by atoms with E-state index in [1.807, 2.05) is 19.2 Å². The molecule has 1 aromatic heterocycles. The van der Waals surface area contributed by atoms with Crippen LogP contribution in [0.15, 0.2) is 11.4 Å². The topological polar surface area (TPSA) is 51.2 Å². The Morgan fingerprint density at radius 3 is 3.12 bits per heavy atom. The minimum atomic E-state index is -0.141. The largest absolute Gasteiger partial charge is 0.375 e. The zero-order valence-corrected chi connectivity index (χ0v) is 10.3. The van der Waals surface area contributed by atoms with E-state index < -0.39 is 0 Å². The third-order valence-corrected chi connectivity index (χ3v) is 3.26. The second kappa shape index (κ2) is 4.51. The molecule has 0 aromatic carbocycles. The molecule has 1 aliphatic rings. The Labute approximate surface area is 99.2 Å². The van der Waals surface area contributed by atoms with Crippen molar-refractivity contribution >= 4 is 17.4 Å². The van der Waals surface area contributed by atoms with Crippen molar-refractivity contribution in [3.63, 3.8) is 0 Å². The number of rotatable bonds is 2. The van der Waals surface area contributed by atoms with E-state index >= 15 is 0 Å². The van der Waals surface area contributed by atoms with E-state index in [4.69, 9.17) is 4.74 Å².